The average Bonchev–Trinajstić information content (AvgIpc) is 2.89. The highest BCUT2D eigenvalue weighted by Crippen LogP contribution is 2.12. The first-order valence-corrected chi connectivity index (χ1v) is 14.1. The average molecular weight is 523 g/mol. The molecule has 0 aromatic carbocycles. The van der Waals surface area contributed by atoms with Gasteiger partial charge >= 0.3 is 5.97 Å². The van der Waals surface area contributed by atoms with E-state index in [2.05, 4.69) is 19.1 Å². The molecule has 8 nitrogen and oxygen atoms in total. The molecule has 0 aliphatic carbocycles. The lowest BCUT2D eigenvalue weighted by Crippen LogP contribution is -2.15. The second-order valence-electron chi connectivity index (χ2n) is 9.18. The van der Waals surface area contributed by atoms with Crippen molar-refractivity contribution in [3.05, 3.63) is 12.2 Å². The first kappa shape index (κ1) is 39.5. The summed E-state index contributed by atoms with van der Waals surface area (Å²) >= 11 is 0. The van der Waals surface area contributed by atoms with Gasteiger partial charge in [0, 0.05) is 6.42 Å². The number of aliphatic hydroxyl groups excluding tert-OH is 6. The van der Waals surface area contributed by atoms with Gasteiger partial charge in [-0.05, 0) is 32.1 Å². The maximum Gasteiger partial charge on any atom is 0.303 e. The number of allylic oxidation sites excluding steroid dienone is 2. The lowest BCUT2D eigenvalue weighted by Gasteiger charge is -2.01. The minimum Gasteiger partial charge on any atom is -0.481 e. The van der Waals surface area contributed by atoms with Crippen LogP contribution in [0.15, 0.2) is 12.2 Å². The van der Waals surface area contributed by atoms with E-state index >= 15 is 0 Å². The molecular weight excluding hydrogens is 464 g/mol. The van der Waals surface area contributed by atoms with Gasteiger partial charge in [0.25, 0.3) is 0 Å². The van der Waals surface area contributed by atoms with Crippen LogP contribution in [0.25, 0.3) is 0 Å². The Bertz CT molecular complexity index is 414. The summed E-state index contributed by atoms with van der Waals surface area (Å²) in [6.07, 6.45) is 25.2. The Morgan fingerprint density at radius 1 is 0.556 bits per heavy atom. The Balaban J connectivity index is -0.000000742. The summed E-state index contributed by atoms with van der Waals surface area (Å²) in [5, 5.41) is 56.6. The molecule has 8 heteroatoms. The Hall–Kier alpha value is -1.03. The predicted octanol–water partition coefficient (Wildman–Crippen LogP) is 4.33. The maximum atomic E-state index is 10.4. The van der Waals surface area contributed by atoms with E-state index < -0.39 is 18.2 Å². The number of carboxylic acids is 1. The van der Waals surface area contributed by atoms with Crippen molar-refractivity contribution in [3.63, 3.8) is 0 Å². The summed E-state index contributed by atoms with van der Waals surface area (Å²) in [7, 11) is 0. The minimum absolute atomic E-state index is 0.340. The number of aliphatic carboxylic acids is 1. The molecule has 0 amide bonds. The van der Waals surface area contributed by atoms with Crippen LogP contribution in [0.3, 0.4) is 0 Å². The van der Waals surface area contributed by atoms with Crippen LogP contribution in [-0.4, -0.2) is 80.4 Å². The monoisotopic (exact) mass is 522 g/mol. The van der Waals surface area contributed by atoms with Gasteiger partial charge < -0.3 is 35.7 Å². The quantitative estimate of drug-likeness (QED) is 0.0771. The molecule has 0 atom stereocenters. The van der Waals surface area contributed by atoms with E-state index in [9.17, 15) is 4.79 Å². The SMILES string of the molecule is CCCCCCCCC=CCCCCCCCCCCCC(=O)O.OCC(O)CO.OCC(O)CO. The molecule has 0 fully saturated rings. The number of hydrogen-bond acceptors (Lipinski definition) is 7. The molecule has 0 saturated heterocycles. The fourth-order valence-electron chi connectivity index (χ4n) is 3.17. The second-order valence-corrected chi connectivity index (χ2v) is 9.18. The van der Waals surface area contributed by atoms with Crippen LogP contribution in [-0.2, 0) is 4.79 Å². The van der Waals surface area contributed by atoms with Crippen LogP contribution < -0.4 is 0 Å². The number of rotatable bonds is 23. The van der Waals surface area contributed by atoms with Crippen LogP contribution in [0.5, 0.6) is 0 Å². The number of unbranched alkanes of at least 4 members (excludes halogenated alkanes) is 15. The zero-order valence-corrected chi connectivity index (χ0v) is 22.9. The topological polar surface area (TPSA) is 159 Å². The maximum absolute atomic E-state index is 10.4. The number of carbonyl (C=O) groups is 1. The molecule has 0 aromatic rings. The highest BCUT2D eigenvalue weighted by Gasteiger charge is 1.97. The summed E-state index contributed by atoms with van der Waals surface area (Å²) < 4.78 is 0. The van der Waals surface area contributed by atoms with Crippen LogP contribution >= 0.6 is 0 Å². The van der Waals surface area contributed by atoms with Crippen molar-refractivity contribution < 1.29 is 40.5 Å². The van der Waals surface area contributed by atoms with Gasteiger partial charge in [-0.2, -0.15) is 0 Å². The molecule has 0 aromatic heterocycles. The van der Waals surface area contributed by atoms with Gasteiger partial charge in [-0.15, -0.1) is 0 Å². The Labute approximate surface area is 220 Å². The Kier molecular flexibility index (Phi) is 39.6. The highest BCUT2D eigenvalue weighted by molar-refractivity contribution is 5.66. The van der Waals surface area contributed by atoms with Crippen molar-refractivity contribution in [1.82, 2.24) is 0 Å². The summed E-state index contributed by atoms with van der Waals surface area (Å²) in [6.45, 7) is 0.813. The fraction of sp³-hybridized carbons (Fsp3) is 0.893. The zero-order valence-electron chi connectivity index (χ0n) is 22.9. The predicted molar refractivity (Wildman–Crippen MR) is 146 cm³/mol. The summed E-state index contributed by atoms with van der Waals surface area (Å²) in [6, 6.07) is 0. The highest BCUT2D eigenvalue weighted by atomic mass is 16.4. The van der Waals surface area contributed by atoms with Crippen molar-refractivity contribution in [3.8, 4) is 0 Å². The number of hydrogen-bond donors (Lipinski definition) is 7. The van der Waals surface area contributed by atoms with Crippen molar-refractivity contribution in [2.75, 3.05) is 26.4 Å². The van der Waals surface area contributed by atoms with Gasteiger partial charge in [0.15, 0.2) is 0 Å². The summed E-state index contributed by atoms with van der Waals surface area (Å²) in [5.74, 6) is -0.656. The minimum atomic E-state index is -0.954. The van der Waals surface area contributed by atoms with Gasteiger partial charge in [0.1, 0.15) is 12.2 Å². The van der Waals surface area contributed by atoms with E-state index in [1.165, 1.54) is 96.3 Å². The largest absolute Gasteiger partial charge is 0.481 e. The van der Waals surface area contributed by atoms with E-state index in [0.29, 0.717) is 6.42 Å². The van der Waals surface area contributed by atoms with E-state index in [1.54, 1.807) is 0 Å². The van der Waals surface area contributed by atoms with E-state index in [1.807, 2.05) is 0 Å². The number of carboxylic acid groups (broad SMARTS) is 1. The lowest BCUT2D eigenvalue weighted by molar-refractivity contribution is -0.137. The van der Waals surface area contributed by atoms with Crippen LogP contribution in [0, 0.1) is 0 Å². The van der Waals surface area contributed by atoms with E-state index in [4.69, 9.17) is 35.7 Å². The molecule has 0 spiro atoms. The van der Waals surface area contributed by atoms with Crippen LogP contribution in [0.4, 0.5) is 0 Å². The summed E-state index contributed by atoms with van der Waals surface area (Å²) in [5.41, 5.74) is 0. The molecule has 0 aliphatic heterocycles. The molecule has 0 aliphatic rings. The third-order valence-corrected chi connectivity index (χ3v) is 5.50. The first-order chi connectivity index (χ1) is 17.4. The molecule has 0 unspecified atom stereocenters. The van der Waals surface area contributed by atoms with Crippen molar-refractivity contribution in [2.45, 2.75) is 135 Å². The third kappa shape index (κ3) is 43.1. The van der Waals surface area contributed by atoms with Crippen LogP contribution in [0.1, 0.15) is 122 Å². The normalized spacial score (nSPS) is 10.9. The second kappa shape index (κ2) is 36.1. The van der Waals surface area contributed by atoms with E-state index in [-0.39, 0.29) is 26.4 Å². The van der Waals surface area contributed by atoms with Crippen molar-refractivity contribution in [2.24, 2.45) is 0 Å². The van der Waals surface area contributed by atoms with Gasteiger partial charge in [0.05, 0.1) is 26.4 Å². The molecule has 0 bridgehead atoms. The van der Waals surface area contributed by atoms with Gasteiger partial charge in [-0.25, -0.2) is 0 Å². The molecule has 7 N–H and O–H groups in total. The standard InChI is InChI=1S/C22H42O2.2C3H8O3/c1-2-3-4-5-6-7-8-9-10-11-12-13-14-15-16-17-18-19-20-21-22(23)24;2*4-1-3(6)2-5/h9-10H,2-8,11-21H2,1H3,(H,23,24);2*3-6H,1-2H2. The van der Waals surface area contributed by atoms with Gasteiger partial charge in [-0.3, -0.25) is 4.79 Å². The van der Waals surface area contributed by atoms with Crippen molar-refractivity contribution >= 4 is 5.97 Å². The Morgan fingerprint density at radius 2 is 0.861 bits per heavy atom. The molecule has 0 heterocycles. The molecule has 218 valence electrons. The lowest BCUT2D eigenvalue weighted by atomic mass is 10.1. The Morgan fingerprint density at radius 3 is 1.14 bits per heavy atom. The summed E-state index contributed by atoms with van der Waals surface area (Å²) in [4.78, 5) is 10.4. The molecule has 0 radical (unpaired) electrons. The molecule has 0 rings (SSSR count). The first-order valence-electron chi connectivity index (χ1n) is 14.1. The van der Waals surface area contributed by atoms with E-state index in [0.717, 1.165) is 12.8 Å². The van der Waals surface area contributed by atoms with Crippen LogP contribution in [0.2, 0.25) is 0 Å². The number of aliphatic hydroxyl groups is 6. The smallest absolute Gasteiger partial charge is 0.303 e. The zero-order chi connectivity index (χ0) is 27.7. The molecular formula is C28H58O8. The van der Waals surface area contributed by atoms with Crippen molar-refractivity contribution in [1.29, 1.82) is 0 Å². The molecule has 36 heavy (non-hydrogen) atoms. The molecule has 0 saturated carbocycles. The third-order valence-electron chi connectivity index (χ3n) is 5.50. The fourth-order valence-corrected chi connectivity index (χ4v) is 3.17. The van der Waals surface area contributed by atoms with Gasteiger partial charge in [0.2, 0.25) is 0 Å². The van der Waals surface area contributed by atoms with Gasteiger partial charge in [-0.1, -0.05) is 96.1 Å².